The lowest BCUT2D eigenvalue weighted by Crippen LogP contribution is -2.24. The Morgan fingerprint density at radius 1 is 0.962 bits per heavy atom. The summed E-state index contributed by atoms with van der Waals surface area (Å²) in [6, 6.07) is 11.2. The van der Waals surface area contributed by atoms with Crippen LogP contribution in [0.25, 0.3) is 5.69 Å². The van der Waals surface area contributed by atoms with Crippen LogP contribution in [-0.2, 0) is 16.6 Å². The summed E-state index contributed by atoms with van der Waals surface area (Å²) < 4.78 is 55.4. The molecule has 0 amide bonds. The predicted octanol–water partition coefficient (Wildman–Crippen LogP) is 3.25. The maximum atomic E-state index is 13.1. The summed E-state index contributed by atoms with van der Waals surface area (Å²) in [5.74, 6) is -0.770. The number of aryl methyl sites for hydroxylation is 1. The number of nitrogens with zero attached hydrogens (tertiary/aromatic N) is 2. The minimum Gasteiger partial charge on any atom is -0.236 e. The van der Waals surface area contributed by atoms with E-state index in [1.54, 1.807) is 13.8 Å². The van der Waals surface area contributed by atoms with E-state index in [0.29, 0.717) is 22.6 Å². The molecule has 2 aromatic carbocycles. The summed E-state index contributed by atoms with van der Waals surface area (Å²) in [4.78, 5) is 0.0731. The Labute approximate surface area is 150 Å². The number of benzene rings is 2. The summed E-state index contributed by atoms with van der Waals surface area (Å²) in [6.07, 6.45) is 0. The molecule has 0 aliphatic carbocycles. The molecule has 0 bridgehead atoms. The van der Waals surface area contributed by atoms with Gasteiger partial charge in [-0.05, 0) is 55.8 Å². The highest BCUT2D eigenvalue weighted by Gasteiger charge is 2.25. The van der Waals surface area contributed by atoms with Crippen LogP contribution in [0.2, 0.25) is 0 Å². The van der Waals surface area contributed by atoms with E-state index in [9.17, 15) is 17.2 Å². The van der Waals surface area contributed by atoms with Gasteiger partial charge in [0.2, 0.25) is 10.0 Å². The Bertz CT molecular complexity index is 1030. The van der Waals surface area contributed by atoms with Crippen LogP contribution in [0, 0.1) is 25.5 Å². The average molecular weight is 377 g/mol. The molecule has 5 nitrogen and oxygen atoms in total. The highest BCUT2D eigenvalue weighted by atomic mass is 32.2. The SMILES string of the molecule is Cc1nn(-c2ccc(F)cc2)c(C)c1S(=O)(=O)NCc1ccc(F)cc1. The molecule has 1 N–H and O–H groups in total. The van der Waals surface area contributed by atoms with Crippen molar-refractivity contribution in [3.63, 3.8) is 0 Å². The van der Waals surface area contributed by atoms with Crippen molar-refractivity contribution in [2.24, 2.45) is 0 Å². The van der Waals surface area contributed by atoms with Gasteiger partial charge in [0.1, 0.15) is 16.5 Å². The molecule has 8 heteroatoms. The molecule has 0 fully saturated rings. The number of hydrogen-bond donors (Lipinski definition) is 1. The van der Waals surface area contributed by atoms with Gasteiger partial charge < -0.3 is 0 Å². The summed E-state index contributed by atoms with van der Waals surface area (Å²) >= 11 is 0. The topological polar surface area (TPSA) is 64.0 Å². The molecule has 3 rings (SSSR count). The van der Waals surface area contributed by atoms with Crippen molar-refractivity contribution in [2.75, 3.05) is 0 Å². The molecule has 136 valence electrons. The zero-order valence-corrected chi connectivity index (χ0v) is 15.0. The van der Waals surface area contributed by atoms with Crippen LogP contribution in [0.3, 0.4) is 0 Å². The van der Waals surface area contributed by atoms with Gasteiger partial charge in [-0.3, -0.25) is 0 Å². The second kappa shape index (κ2) is 6.97. The molecule has 0 saturated carbocycles. The van der Waals surface area contributed by atoms with Crippen molar-refractivity contribution >= 4 is 10.0 Å². The maximum Gasteiger partial charge on any atom is 0.244 e. The van der Waals surface area contributed by atoms with Gasteiger partial charge in [-0.1, -0.05) is 12.1 Å². The molecule has 0 spiro atoms. The molecule has 1 heterocycles. The van der Waals surface area contributed by atoms with Crippen LogP contribution >= 0.6 is 0 Å². The fraction of sp³-hybridized carbons (Fsp3) is 0.167. The Morgan fingerprint density at radius 2 is 1.50 bits per heavy atom. The van der Waals surface area contributed by atoms with Gasteiger partial charge in [-0.2, -0.15) is 5.10 Å². The molecule has 26 heavy (non-hydrogen) atoms. The zero-order chi connectivity index (χ0) is 18.9. The van der Waals surface area contributed by atoms with Gasteiger partial charge in [-0.25, -0.2) is 26.6 Å². The lowest BCUT2D eigenvalue weighted by atomic mass is 10.2. The average Bonchev–Trinajstić information content (AvgIpc) is 2.90. The molecule has 0 saturated heterocycles. The second-order valence-corrected chi connectivity index (χ2v) is 7.54. The van der Waals surface area contributed by atoms with E-state index in [-0.39, 0.29) is 23.1 Å². The Morgan fingerprint density at radius 3 is 2.08 bits per heavy atom. The minimum absolute atomic E-state index is 0.0310. The molecule has 1 aromatic heterocycles. The van der Waals surface area contributed by atoms with Crippen LogP contribution in [0.4, 0.5) is 8.78 Å². The fourth-order valence-electron chi connectivity index (χ4n) is 2.70. The first-order valence-corrected chi connectivity index (χ1v) is 9.32. The first kappa shape index (κ1) is 18.2. The monoisotopic (exact) mass is 377 g/mol. The van der Waals surface area contributed by atoms with E-state index in [1.807, 2.05) is 0 Å². The number of sulfonamides is 1. The summed E-state index contributed by atoms with van der Waals surface area (Å²) in [5.41, 5.74) is 1.95. The summed E-state index contributed by atoms with van der Waals surface area (Å²) in [7, 11) is -3.83. The lowest BCUT2D eigenvalue weighted by Gasteiger charge is -2.08. The third kappa shape index (κ3) is 3.66. The van der Waals surface area contributed by atoms with Crippen LogP contribution in [-0.4, -0.2) is 18.2 Å². The van der Waals surface area contributed by atoms with Crippen LogP contribution in [0.15, 0.2) is 53.4 Å². The van der Waals surface area contributed by atoms with E-state index in [2.05, 4.69) is 9.82 Å². The molecule has 0 unspecified atom stereocenters. The molecule has 0 atom stereocenters. The molecule has 0 aliphatic heterocycles. The first-order chi connectivity index (χ1) is 12.3. The number of hydrogen-bond acceptors (Lipinski definition) is 3. The number of nitrogens with one attached hydrogen (secondary N) is 1. The fourth-order valence-corrected chi connectivity index (χ4v) is 4.11. The largest absolute Gasteiger partial charge is 0.244 e. The Balaban J connectivity index is 1.90. The number of halogens is 2. The first-order valence-electron chi connectivity index (χ1n) is 7.84. The minimum atomic E-state index is -3.83. The molecule has 0 radical (unpaired) electrons. The van der Waals surface area contributed by atoms with Gasteiger partial charge in [0.15, 0.2) is 0 Å². The lowest BCUT2D eigenvalue weighted by molar-refractivity contribution is 0.579. The summed E-state index contributed by atoms with van der Waals surface area (Å²) in [5, 5.41) is 4.27. The second-order valence-electron chi connectivity index (χ2n) is 5.84. The van der Waals surface area contributed by atoms with Crippen molar-refractivity contribution in [2.45, 2.75) is 25.3 Å². The van der Waals surface area contributed by atoms with Crippen molar-refractivity contribution in [3.8, 4) is 5.69 Å². The number of aromatic nitrogens is 2. The Kier molecular flexibility index (Phi) is 4.88. The van der Waals surface area contributed by atoms with E-state index < -0.39 is 10.0 Å². The van der Waals surface area contributed by atoms with Gasteiger partial charge in [0.25, 0.3) is 0 Å². The summed E-state index contributed by atoms with van der Waals surface area (Å²) in [6.45, 7) is 3.26. The van der Waals surface area contributed by atoms with Gasteiger partial charge in [-0.15, -0.1) is 0 Å². The molecule has 0 aliphatic rings. The van der Waals surface area contributed by atoms with Gasteiger partial charge in [0, 0.05) is 6.54 Å². The number of rotatable bonds is 5. The van der Waals surface area contributed by atoms with Crippen molar-refractivity contribution < 1.29 is 17.2 Å². The third-order valence-corrected chi connectivity index (χ3v) is 5.60. The molecular formula is C18H17F2N3O2S. The van der Waals surface area contributed by atoms with Crippen LogP contribution in [0.1, 0.15) is 17.0 Å². The van der Waals surface area contributed by atoms with Crippen LogP contribution < -0.4 is 4.72 Å². The molecule has 3 aromatic rings. The van der Waals surface area contributed by atoms with E-state index in [4.69, 9.17) is 0 Å². The van der Waals surface area contributed by atoms with Crippen molar-refractivity contribution in [1.82, 2.24) is 14.5 Å². The standard InChI is InChI=1S/C18H17F2N3O2S/c1-12-18(13(2)23(22-12)17-9-7-16(20)8-10-17)26(24,25)21-11-14-3-5-15(19)6-4-14/h3-10,21H,11H2,1-2H3. The zero-order valence-electron chi connectivity index (χ0n) is 14.2. The van der Waals surface area contributed by atoms with Crippen molar-refractivity contribution in [3.05, 3.63) is 77.1 Å². The van der Waals surface area contributed by atoms with Crippen LogP contribution in [0.5, 0.6) is 0 Å². The smallest absolute Gasteiger partial charge is 0.236 e. The van der Waals surface area contributed by atoms with E-state index in [0.717, 1.165) is 0 Å². The molecular weight excluding hydrogens is 360 g/mol. The van der Waals surface area contributed by atoms with E-state index >= 15 is 0 Å². The Hall–Kier alpha value is -2.58. The van der Waals surface area contributed by atoms with Gasteiger partial charge in [0.05, 0.1) is 17.1 Å². The third-order valence-electron chi connectivity index (χ3n) is 3.94. The van der Waals surface area contributed by atoms with Gasteiger partial charge >= 0.3 is 0 Å². The predicted molar refractivity (Wildman–Crippen MR) is 93.4 cm³/mol. The highest BCUT2D eigenvalue weighted by Crippen LogP contribution is 2.23. The normalized spacial score (nSPS) is 11.7. The highest BCUT2D eigenvalue weighted by molar-refractivity contribution is 7.89. The quantitative estimate of drug-likeness (QED) is 0.742. The van der Waals surface area contributed by atoms with E-state index in [1.165, 1.54) is 53.2 Å². The maximum absolute atomic E-state index is 13.1. The van der Waals surface area contributed by atoms with Crippen molar-refractivity contribution in [1.29, 1.82) is 0 Å².